The van der Waals surface area contributed by atoms with E-state index in [1.165, 1.54) is 25.7 Å². The quantitative estimate of drug-likeness (QED) is 0.268. The fraction of sp³-hybridized carbons (Fsp3) is 0.778. The predicted octanol–water partition coefficient (Wildman–Crippen LogP) is 4.57. The Bertz CT molecular complexity index is 310. The van der Waals surface area contributed by atoms with E-state index in [0.29, 0.717) is 13.2 Å². The van der Waals surface area contributed by atoms with Gasteiger partial charge in [0, 0.05) is 12.2 Å². The van der Waals surface area contributed by atoms with Gasteiger partial charge < -0.3 is 9.47 Å². The summed E-state index contributed by atoms with van der Waals surface area (Å²) in [5.41, 5.74) is 0. The van der Waals surface area contributed by atoms with Crippen molar-refractivity contribution in [1.82, 2.24) is 0 Å². The Morgan fingerprint density at radius 2 is 1.00 bits per heavy atom. The van der Waals surface area contributed by atoms with Crippen molar-refractivity contribution in [2.75, 3.05) is 13.2 Å². The number of esters is 2. The summed E-state index contributed by atoms with van der Waals surface area (Å²) in [4.78, 5) is 22.7. The van der Waals surface area contributed by atoms with Crippen molar-refractivity contribution in [3.63, 3.8) is 0 Å². The van der Waals surface area contributed by atoms with Crippen LogP contribution in [0.1, 0.15) is 78.1 Å². The molecule has 4 heteroatoms. The van der Waals surface area contributed by atoms with Gasteiger partial charge in [-0.2, -0.15) is 0 Å². The summed E-state index contributed by atoms with van der Waals surface area (Å²) < 4.78 is 10.0. The minimum absolute atomic E-state index is 0.413. The van der Waals surface area contributed by atoms with Crippen molar-refractivity contribution in [1.29, 1.82) is 0 Å². The molecule has 0 aromatic heterocycles. The van der Waals surface area contributed by atoms with Gasteiger partial charge in [-0.15, -0.1) is 0 Å². The molecule has 0 aliphatic heterocycles. The Morgan fingerprint density at radius 1 is 0.636 bits per heavy atom. The van der Waals surface area contributed by atoms with Crippen LogP contribution in [0.4, 0.5) is 0 Å². The van der Waals surface area contributed by atoms with Gasteiger partial charge >= 0.3 is 11.9 Å². The second-order valence-electron chi connectivity index (χ2n) is 5.50. The summed E-state index contributed by atoms with van der Waals surface area (Å²) in [6.45, 7) is 5.15. The smallest absolute Gasteiger partial charge is 0.331 e. The molecular formula is C18H32O4. The van der Waals surface area contributed by atoms with Gasteiger partial charge in [0.25, 0.3) is 0 Å². The van der Waals surface area contributed by atoms with Crippen LogP contribution < -0.4 is 0 Å². The summed E-state index contributed by atoms with van der Waals surface area (Å²) >= 11 is 0. The predicted molar refractivity (Wildman–Crippen MR) is 88.6 cm³/mol. The number of hydrogen-bond acceptors (Lipinski definition) is 4. The van der Waals surface area contributed by atoms with E-state index in [0.717, 1.165) is 50.7 Å². The first-order chi connectivity index (χ1) is 10.7. The Kier molecular flexibility index (Phi) is 15.1. The van der Waals surface area contributed by atoms with Crippen LogP contribution in [0.25, 0.3) is 0 Å². The third-order valence-corrected chi connectivity index (χ3v) is 3.34. The van der Waals surface area contributed by atoms with E-state index in [1.807, 2.05) is 0 Å². The molecule has 0 heterocycles. The second kappa shape index (κ2) is 16.1. The largest absolute Gasteiger partial charge is 0.463 e. The molecule has 0 aromatic rings. The lowest BCUT2D eigenvalue weighted by atomic mass is 10.1. The van der Waals surface area contributed by atoms with E-state index in [4.69, 9.17) is 9.47 Å². The van der Waals surface area contributed by atoms with Crippen molar-refractivity contribution in [3.8, 4) is 0 Å². The minimum Gasteiger partial charge on any atom is -0.463 e. The molecule has 0 rings (SSSR count). The average molecular weight is 312 g/mol. The summed E-state index contributed by atoms with van der Waals surface area (Å²) in [6, 6.07) is 0. The molecule has 128 valence electrons. The zero-order chi connectivity index (χ0) is 16.5. The number of carbonyl (C=O) groups excluding carboxylic acids is 2. The monoisotopic (exact) mass is 312 g/mol. The zero-order valence-corrected chi connectivity index (χ0v) is 14.3. The molecule has 0 saturated carbocycles. The van der Waals surface area contributed by atoms with Crippen molar-refractivity contribution in [2.45, 2.75) is 78.1 Å². The Morgan fingerprint density at radius 3 is 1.45 bits per heavy atom. The highest BCUT2D eigenvalue weighted by molar-refractivity contribution is 5.91. The third kappa shape index (κ3) is 15.1. The standard InChI is InChI=1S/C18H32O4/c1-3-5-7-9-10-12-16-22-18(20)14-13-17(19)21-15-11-8-6-4-2/h13-14H,3-12,15-16H2,1-2H3. The lowest BCUT2D eigenvalue weighted by Gasteiger charge is -2.02. The van der Waals surface area contributed by atoms with E-state index in [1.54, 1.807) is 0 Å². The van der Waals surface area contributed by atoms with E-state index in [-0.39, 0.29) is 0 Å². The van der Waals surface area contributed by atoms with Crippen LogP contribution in [0.5, 0.6) is 0 Å². The van der Waals surface area contributed by atoms with Gasteiger partial charge in [-0.25, -0.2) is 9.59 Å². The molecule has 0 spiro atoms. The summed E-state index contributed by atoms with van der Waals surface area (Å²) in [7, 11) is 0. The first-order valence-corrected chi connectivity index (χ1v) is 8.72. The number of carbonyl (C=O) groups is 2. The maximum atomic E-state index is 11.4. The molecule has 0 atom stereocenters. The average Bonchev–Trinajstić information content (AvgIpc) is 2.52. The zero-order valence-electron chi connectivity index (χ0n) is 14.3. The van der Waals surface area contributed by atoms with Crippen molar-refractivity contribution in [2.24, 2.45) is 0 Å². The van der Waals surface area contributed by atoms with Crippen LogP contribution in [0.15, 0.2) is 12.2 Å². The van der Waals surface area contributed by atoms with Gasteiger partial charge in [-0.3, -0.25) is 0 Å². The SMILES string of the molecule is CCCCCCCCOC(=O)C=CC(=O)OCCCCCC. The van der Waals surface area contributed by atoms with Crippen LogP contribution in [0.2, 0.25) is 0 Å². The molecule has 22 heavy (non-hydrogen) atoms. The number of unbranched alkanes of at least 4 members (excludes halogenated alkanes) is 8. The first kappa shape index (κ1) is 20.7. The molecule has 0 aliphatic carbocycles. The van der Waals surface area contributed by atoms with Crippen molar-refractivity contribution in [3.05, 3.63) is 12.2 Å². The van der Waals surface area contributed by atoms with Crippen LogP contribution in [-0.2, 0) is 19.1 Å². The van der Waals surface area contributed by atoms with Crippen LogP contribution in [0.3, 0.4) is 0 Å². The van der Waals surface area contributed by atoms with Gasteiger partial charge in [0.2, 0.25) is 0 Å². The number of hydrogen-bond donors (Lipinski definition) is 0. The molecule has 0 aromatic carbocycles. The minimum atomic E-state index is -0.479. The summed E-state index contributed by atoms with van der Waals surface area (Å²) in [6.07, 6.45) is 13.4. The molecule has 4 nitrogen and oxygen atoms in total. The topological polar surface area (TPSA) is 52.6 Å². The molecule has 0 amide bonds. The molecule has 0 bridgehead atoms. The van der Waals surface area contributed by atoms with E-state index in [2.05, 4.69) is 13.8 Å². The normalized spacial score (nSPS) is 10.8. The van der Waals surface area contributed by atoms with E-state index in [9.17, 15) is 9.59 Å². The lowest BCUT2D eigenvalue weighted by Crippen LogP contribution is -2.06. The molecule has 0 N–H and O–H groups in total. The van der Waals surface area contributed by atoms with Crippen molar-refractivity contribution >= 4 is 11.9 Å². The van der Waals surface area contributed by atoms with Crippen LogP contribution in [-0.4, -0.2) is 25.2 Å². The Hall–Kier alpha value is -1.32. The third-order valence-electron chi connectivity index (χ3n) is 3.34. The fourth-order valence-corrected chi connectivity index (χ4v) is 1.99. The van der Waals surface area contributed by atoms with Gasteiger partial charge in [0.1, 0.15) is 0 Å². The highest BCUT2D eigenvalue weighted by atomic mass is 16.5. The molecule has 0 radical (unpaired) electrons. The first-order valence-electron chi connectivity index (χ1n) is 8.72. The maximum Gasteiger partial charge on any atom is 0.331 e. The summed E-state index contributed by atoms with van der Waals surface area (Å²) in [5.74, 6) is -0.954. The lowest BCUT2D eigenvalue weighted by molar-refractivity contribution is -0.140. The number of ether oxygens (including phenoxy) is 2. The van der Waals surface area contributed by atoms with Gasteiger partial charge in [0.15, 0.2) is 0 Å². The summed E-state index contributed by atoms with van der Waals surface area (Å²) in [5, 5.41) is 0. The highest BCUT2D eigenvalue weighted by Crippen LogP contribution is 2.05. The van der Waals surface area contributed by atoms with E-state index < -0.39 is 11.9 Å². The Balaban J connectivity index is 3.50. The van der Waals surface area contributed by atoms with Crippen molar-refractivity contribution < 1.29 is 19.1 Å². The van der Waals surface area contributed by atoms with Gasteiger partial charge in [-0.05, 0) is 12.8 Å². The Labute approximate surface area is 135 Å². The molecular weight excluding hydrogens is 280 g/mol. The highest BCUT2D eigenvalue weighted by Gasteiger charge is 2.01. The van der Waals surface area contributed by atoms with Gasteiger partial charge in [0.05, 0.1) is 13.2 Å². The van der Waals surface area contributed by atoms with Crippen LogP contribution in [0, 0.1) is 0 Å². The second-order valence-corrected chi connectivity index (χ2v) is 5.50. The number of rotatable bonds is 14. The maximum absolute atomic E-state index is 11.4. The molecule has 0 fully saturated rings. The molecule has 0 aliphatic rings. The molecule has 0 saturated heterocycles. The van der Waals surface area contributed by atoms with E-state index >= 15 is 0 Å². The van der Waals surface area contributed by atoms with Crippen LogP contribution >= 0.6 is 0 Å². The fourth-order valence-electron chi connectivity index (χ4n) is 1.99. The van der Waals surface area contributed by atoms with Gasteiger partial charge in [-0.1, -0.05) is 65.2 Å². The molecule has 0 unspecified atom stereocenters.